The highest BCUT2D eigenvalue weighted by molar-refractivity contribution is 5.71. The summed E-state index contributed by atoms with van der Waals surface area (Å²) in [7, 11) is 0. The Bertz CT molecular complexity index is 1200. The number of anilines is 4. The number of halogens is 3. The Morgan fingerprint density at radius 1 is 0.941 bits per heavy atom. The summed E-state index contributed by atoms with van der Waals surface area (Å²) in [6.45, 7) is 2.86. The number of ether oxygens (including phenoxy) is 3. The van der Waals surface area contributed by atoms with Crippen LogP contribution in [0.1, 0.15) is 5.56 Å². The van der Waals surface area contributed by atoms with Crippen molar-refractivity contribution in [2.24, 2.45) is 0 Å². The normalized spacial score (nSPS) is 15.8. The number of pyridine rings is 1. The van der Waals surface area contributed by atoms with E-state index in [4.69, 9.17) is 19.9 Å². The van der Waals surface area contributed by atoms with Gasteiger partial charge < -0.3 is 30.2 Å². The number of morpholine rings is 1. The lowest BCUT2D eigenvalue weighted by atomic mass is 10.1. The van der Waals surface area contributed by atoms with Crippen LogP contribution in [-0.2, 0) is 10.9 Å². The van der Waals surface area contributed by atoms with Crippen LogP contribution in [0.15, 0.2) is 36.5 Å². The van der Waals surface area contributed by atoms with Crippen LogP contribution in [0.25, 0.3) is 11.3 Å². The summed E-state index contributed by atoms with van der Waals surface area (Å²) in [6, 6.07) is 7.53. The highest BCUT2D eigenvalue weighted by Gasteiger charge is 2.35. The number of alkyl halides is 3. The molecule has 0 saturated carbocycles. The number of benzene rings is 1. The molecule has 2 aliphatic heterocycles. The van der Waals surface area contributed by atoms with Crippen molar-refractivity contribution in [1.29, 1.82) is 0 Å². The first-order valence-corrected chi connectivity index (χ1v) is 10.6. The number of hydrogen-bond acceptors (Lipinski definition) is 9. The molecule has 3 N–H and O–H groups in total. The van der Waals surface area contributed by atoms with Gasteiger partial charge in [0.15, 0.2) is 11.5 Å². The zero-order valence-electron chi connectivity index (χ0n) is 17.9. The summed E-state index contributed by atoms with van der Waals surface area (Å²) >= 11 is 0. The Kier molecular flexibility index (Phi) is 5.74. The number of rotatable bonds is 4. The first-order chi connectivity index (χ1) is 16.4. The van der Waals surface area contributed by atoms with Gasteiger partial charge >= 0.3 is 6.18 Å². The zero-order chi connectivity index (χ0) is 23.7. The van der Waals surface area contributed by atoms with Crippen LogP contribution < -0.4 is 25.4 Å². The molecular weight excluding hydrogens is 453 g/mol. The van der Waals surface area contributed by atoms with Gasteiger partial charge in [0.05, 0.1) is 24.5 Å². The molecule has 1 saturated heterocycles. The van der Waals surface area contributed by atoms with Gasteiger partial charge in [0.1, 0.15) is 24.8 Å². The molecule has 12 heteroatoms. The molecule has 2 aliphatic rings. The van der Waals surface area contributed by atoms with Crippen LogP contribution in [0.4, 0.5) is 36.4 Å². The minimum atomic E-state index is -4.64. The van der Waals surface area contributed by atoms with Gasteiger partial charge in [0.2, 0.25) is 5.95 Å². The monoisotopic (exact) mass is 474 g/mol. The SMILES string of the molecule is Nc1cc(C(F)(F)F)c(-c2cc(Nc3ccc4c(c3)OCCO4)nc(N3CCOCC3)n2)cn1. The van der Waals surface area contributed by atoms with E-state index in [9.17, 15) is 13.2 Å². The topological polar surface area (TPSA) is 108 Å². The fraction of sp³-hybridized carbons (Fsp3) is 0.318. The zero-order valence-corrected chi connectivity index (χ0v) is 17.9. The summed E-state index contributed by atoms with van der Waals surface area (Å²) in [4.78, 5) is 14.7. The third kappa shape index (κ3) is 4.62. The highest BCUT2D eigenvalue weighted by atomic mass is 19.4. The molecule has 0 radical (unpaired) electrons. The molecule has 3 aromatic rings. The largest absolute Gasteiger partial charge is 0.486 e. The summed E-state index contributed by atoms with van der Waals surface area (Å²) < 4.78 is 57.9. The maximum Gasteiger partial charge on any atom is 0.417 e. The standard InChI is InChI=1S/C22H21F3N6O3/c23-22(24,25)15-10-19(26)27-12-14(15)16-11-20(30-21(29-16)31-3-5-32-6-4-31)28-13-1-2-17-18(9-13)34-8-7-33-17/h1-2,9-12H,3-8H2,(H2,26,27)(H,28,29,30). The molecular formula is C22H21F3N6O3. The summed E-state index contributed by atoms with van der Waals surface area (Å²) in [6.07, 6.45) is -3.56. The Morgan fingerprint density at radius 3 is 2.47 bits per heavy atom. The lowest BCUT2D eigenvalue weighted by Gasteiger charge is -2.27. The van der Waals surface area contributed by atoms with Crippen LogP contribution in [0.5, 0.6) is 11.5 Å². The first kappa shape index (κ1) is 22.0. The number of fused-ring (bicyclic) bond motifs is 1. The Balaban J connectivity index is 1.57. The second kappa shape index (κ2) is 8.86. The number of hydrogen-bond donors (Lipinski definition) is 2. The van der Waals surface area contributed by atoms with Gasteiger partial charge in [-0.15, -0.1) is 0 Å². The van der Waals surface area contributed by atoms with Gasteiger partial charge in [-0.05, 0) is 18.2 Å². The second-order valence-electron chi connectivity index (χ2n) is 7.67. The molecule has 4 heterocycles. The molecule has 9 nitrogen and oxygen atoms in total. The molecule has 34 heavy (non-hydrogen) atoms. The van der Waals surface area contributed by atoms with E-state index in [0.717, 1.165) is 12.3 Å². The Morgan fingerprint density at radius 2 is 1.71 bits per heavy atom. The van der Waals surface area contributed by atoms with Crippen molar-refractivity contribution in [3.8, 4) is 22.8 Å². The predicted octanol–water partition coefficient (Wildman–Crippen LogP) is 3.49. The lowest BCUT2D eigenvalue weighted by molar-refractivity contribution is -0.137. The summed E-state index contributed by atoms with van der Waals surface area (Å²) in [5, 5.41) is 3.14. The molecule has 0 spiro atoms. The number of aromatic nitrogens is 3. The fourth-order valence-electron chi connectivity index (χ4n) is 3.72. The number of nitrogen functional groups attached to an aromatic ring is 1. The van der Waals surface area contributed by atoms with Crippen molar-refractivity contribution in [1.82, 2.24) is 15.0 Å². The van der Waals surface area contributed by atoms with E-state index in [0.29, 0.717) is 62.5 Å². The van der Waals surface area contributed by atoms with Crippen LogP contribution >= 0.6 is 0 Å². The Labute approximate surface area is 192 Å². The third-order valence-corrected chi connectivity index (χ3v) is 5.33. The Hall–Kier alpha value is -3.80. The van der Waals surface area contributed by atoms with Crippen LogP contribution in [-0.4, -0.2) is 54.5 Å². The molecule has 0 aliphatic carbocycles. The van der Waals surface area contributed by atoms with Crippen molar-refractivity contribution in [3.05, 3.63) is 42.1 Å². The third-order valence-electron chi connectivity index (χ3n) is 5.33. The molecule has 1 aromatic carbocycles. The molecule has 0 unspecified atom stereocenters. The smallest absolute Gasteiger partial charge is 0.417 e. The van der Waals surface area contributed by atoms with Gasteiger partial charge in [-0.3, -0.25) is 0 Å². The average Bonchev–Trinajstić information content (AvgIpc) is 2.84. The molecule has 1 fully saturated rings. The molecule has 0 amide bonds. The van der Waals surface area contributed by atoms with Crippen molar-refractivity contribution in [3.63, 3.8) is 0 Å². The van der Waals surface area contributed by atoms with E-state index in [2.05, 4.69) is 20.3 Å². The summed E-state index contributed by atoms with van der Waals surface area (Å²) in [5.41, 5.74) is 5.12. The highest BCUT2D eigenvalue weighted by Crippen LogP contribution is 2.38. The van der Waals surface area contributed by atoms with Crippen LogP contribution in [0.3, 0.4) is 0 Å². The van der Waals surface area contributed by atoms with E-state index in [1.54, 1.807) is 18.2 Å². The first-order valence-electron chi connectivity index (χ1n) is 10.6. The second-order valence-corrected chi connectivity index (χ2v) is 7.67. The van der Waals surface area contributed by atoms with E-state index >= 15 is 0 Å². The van der Waals surface area contributed by atoms with Crippen LogP contribution in [0.2, 0.25) is 0 Å². The molecule has 178 valence electrons. The maximum absolute atomic E-state index is 13.8. The molecule has 0 bridgehead atoms. The van der Waals surface area contributed by atoms with Crippen molar-refractivity contribution >= 4 is 23.3 Å². The van der Waals surface area contributed by atoms with Gasteiger partial charge in [-0.1, -0.05) is 0 Å². The molecule has 2 aromatic heterocycles. The molecule has 0 atom stereocenters. The van der Waals surface area contributed by atoms with E-state index in [-0.39, 0.29) is 23.0 Å². The van der Waals surface area contributed by atoms with Crippen molar-refractivity contribution in [2.75, 3.05) is 55.5 Å². The van der Waals surface area contributed by atoms with Gasteiger partial charge in [-0.25, -0.2) is 9.97 Å². The van der Waals surface area contributed by atoms with E-state index < -0.39 is 11.7 Å². The minimum absolute atomic E-state index is 0.0661. The maximum atomic E-state index is 13.8. The van der Waals surface area contributed by atoms with Gasteiger partial charge in [-0.2, -0.15) is 18.2 Å². The molecule has 5 rings (SSSR count). The van der Waals surface area contributed by atoms with E-state index in [1.807, 2.05) is 4.90 Å². The minimum Gasteiger partial charge on any atom is -0.486 e. The van der Waals surface area contributed by atoms with Crippen molar-refractivity contribution < 1.29 is 27.4 Å². The average molecular weight is 474 g/mol. The lowest BCUT2D eigenvalue weighted by Crippen LogP contribution is -2.37. The quantitative estimate of drug-likeness (QED) is 0.588. The van der Waals surface area contributed by atoms with Crippen molar-refractivity contribution in [2.45, 2.75) is 6.18 Å². The predicted molar refractivity (Wildman–Crippen MR) is 118 cm³/mol. The van der Waals surface area contributed by atoms with Gasteiger partial charge in [0, 0.05) is 42.7 Å². The number of nitrogens with zero attached hydrogens (tertiary/aromatic N) is 4. The van der Waals surface area contributed by atoms with Gasteiger partial charge in [0.25, 0.3) is 0 Å². The van der Waals surface area contributed by atoms with E-state index in [1.165, 1.54) is 6.07 Å². The summed E-state index contributed by atoms with van der Waals surface area (Å²) in [5.74, 6) is 1.56. The van der Waals surface area contributed by atoms with Crippen LogP contribution in [0, 0.1) is 0 Å². The number of nitrogens with one attached hydrogen (secondary N) is 1. The number of nitrogens with two attached hydrogens (primary N) is 1. The fourth-order valence-corrected chi connectivity index (χ4v) is 3.72.